The van der Waals surface area contributed by atoms with Crippen molar-refractivity contribution in [1.82, 2.24) is 5.32 Å². The fraction of sp³-hybridized carbons (Fsp3) is 0.500. The molecular formula is C12H15FN. The second-order valence-corrected chi connectivity index (χ2v) is 4.57. The van der Waals surface area contributed by atoms with Crippen molar-refractivity contribution in [3.05, 3.63) is 35.6 Å². The Hall–Kier alpha value is -0.890. The highest BCUT2D eigenvalue weighted by Gasteiger charge is 2.31. The average Bonchev–Trinajstić information content (AvgIpc) is 2.47. The van der Waals surface area contributed by atoms with E-state index in [1.165, 1.54) is 6.07 Å². The first-order chi connectivity index (χ1) is 6.58. The molecule has 1 heterocycles. The fourth-order valence-electron chi connectivity index (χ4n) is 2.06. The van der Waals surface area contributed by atoms with Gasteiger partial charge >= 0.3 is 0 Å². The van der Waals surface area contributed by atoms with Gasteiger partial charge in [0.25, 0.3) is 0 Å². The van der Waals surface area contributed by atoms with E-state index in [9.17, 15) is 4.39 Å². The third kappa shape index (κ3) is 1.80. The van der Waals surface area contributed by atoms with Crippen LogP contribution in [0.15, 0.2) is 18.2 Å². The van der Waals surface area contributed by atoms with Crippen LogP contribution < -0.4 is 5.32 Å². The van der Waals surface area contributed by atoms with E-state index in [2.05, 4.69) is 25.2 Å². The molecule has 1 saturated heterocycles. The Kier molecular flexibility index (Phi) is 2.31. The van der Waals surface area contributed by atoms with Gasteiger partial charge in [-0.1, -0.05) is 12.1 Å². The minimum Gasteiger partial charge on any atom is -0.305 e. The van der Waals surface area contributed by atoms with Crippen molar-refractivity contribution in [2.75, 3.05) is 0 Å². The Morgan fingerprint density at radius 2 is 2.36 bits per heavy atom. The quantitative estimate of drug-likeness (QED) is 0.721. The molecule has 1 aromatic carbocycles. The Bertz CT molecular complexity index is 333. The second-order valence-electron chi connectivity index (χ2n) is 4.57. The Labute approximate surface area is 84.3 Å². The SMILES string of the molecule is CC1(C)CC[C@@H](c2cc[c]cc2F)N1. The molecule has 1 radical (unpaired) electrons. The van der Waals surface area contributed by atoms with Crippen molar-refractivity contribution in [1.29, 1.82) is 0 Å². The maximum absolute atomic E-state index is 13.4. The third-order valence-electron chi connectivity index (χ3n) is 2.84. The van der Waals surface area contributed by atoms with Gasteiger partial charge in [0.05, 0.1) is 0 Å². The van der Waals surface area contributed by atoms with Crippen LogP contribution in [0.25, 0.3) is 0 Å². The summed E-state index contributed by atoms with van der Waals surface area (Å²) in [5, 5.41) is 3.43. The number of rotatable bonds is 1. The molecule has 0 amide bonds. The lowest BCUT2D eigenvalue weighted by Gasteiger charge is -2.20. The summed E-state index contributed by atoms with van der Waals surface area (Å²) >= 11 is 0. The molecule has 1 aliphatic heterocycles. The van der Waals surface area contributed by atoms with Gasteiger partial charge in [0, 0.05) is 17.1 Å². The van der Waals surface area contributed by atoms with Crippen LogP contribution >= 0.6 is 0 Å². The first-order valence-corrected chi connectivity index (χ1v) is 5.02. The molecule has 0 unspecified atom stereocenters. The molecule has 2 heteroatoms. The zero-order valence-electron chi connectivity index (χ0n) is 8.60. The summed E-state index contributed by atoms with van der Waals surface area (Å²) in [5.74, 6) is -0.150. The van der Waals surface area contributed by atoms with Crippen LogP contribution in [-0.2, 0) is 0 Å². The minimum atomic E-state index is -0.150. The van der Waals surface area contributed by atoms with E-state index < -0.39 is 0 Å². The van der Waals surface area contributed by atoms with Crippen molar-refractivity contribution in [2.45, 2.75) is 38.3 Å². The number of benzene rings is 1. The summed E-state index contributed by atoms with van der Waals surface area (Å²) in [6.45, 7) is 4.31. The van der Waals surface area contributed by atoms with Crippen LogP contribution in [0.3, 0.4) is 0 Å². The van der Waals surface area contributed by atoms with Crippen LogP contribution in [-0.4, -0.2) is 5.54 Å². The molecule has 0 spiro atoms. The maximum atomic E-state index is 13.4. The lowest BCUT2D eigenvalue weighted by Crippen LogP contribution is -2.33. The molecule has 1 atom stereocenters. The highest BCUT2D eigenvalue weighted by atomic mass is 19.1. The van der Waals surface area contributed by atoms with E-state index in [-0.39, 0.29) is 17.4 Å². The van der Waals surface area contributed by atoms with E-state index in [0.29, 0.717) is 0 Å². The zero-order chi connectivity index (χ0) is 10.2. The molecule has 0 saturated carbocycles. The highest BCUT2D eigenvalue weighted by molar-refractivity contribution is 5.22. The smallest absolute Gasteiger partial charge is 0.128 e. The molecule has 2 rings (SSSR count). The van der Waals surface area contributed by atoms with E-state index in [1.807, 2.05) is 6.07 Å². The van der Waals surface area contributed by atoms with Gasteiger partial charge in [0.2, 0.25) is 0 Å². The van der Waals surface area contributed by atoms with Gasteiger partial charge in [0.1, 0.15) is 5.82 Å². The fourth-order valence-corrected chi connectivity index (χ4v) is 2.06. The van der Waals surface area contributed by atoms with E-state index >= 15 is 0 Å². The molecule has 14 heavy (non-hydrogen) atoms. The van der Waals surface area contributed by atoms with E-state index in [0.717, 1.165) is 18.4 Å². The van der Waals surface area contributed by atoms with Crippen molar-refractivity contribution < 1.29 is 4.39 Å². The third-order valence-corrected chi connectivity index (χ3v) is 2.84. The van der Waals surface area contributed by atoms with Gasteiger partial charge in [0.15, 0.2) is 0 Å². The number of hydrogen-bond donors (Lipinski definition) is 1. The summed E-state index contributed by atoms with van der Waals surface area (Å²) in [4.78, 5) is 0. The molecular weight excluding hydrogens is 177 g/mol. The molecule has 0 aromatic heterocycles. The van der Waals surface area contributed by atoms with Crippen LogP contribution in [0, 0.1) is 11.9 Å². The van der Waals surface area contributed by atoms with Crippen molar-refractivity contribution in [3.8, 4) is 0 Å². The van der Waals surface area contributed by atoms with Gasteiger partial charge in [-0.3, -0.25) is 0 Å². The maximum Gasteiger partial charge on any atom is 0.128 e. The van der Waals surface area contributed by atoms with Crippen LogP contribution in [0.5, 0.6) is 0 Å². The highest BCUT2D eigenvalue weighted by Crippen LogP contribution is 2.33. The summed E-state index contributed by atoms with van der Waals surface area (Å²) in [6.07, 6.45) is 2.10. The minimum absolute atomic E-state index is 0.136. The molecule has 0 bridgehead atoms. The molecule has 1 aliphatic rings. The first-order valence-electron chi connectivity index (χ1n) is 5.02. The predicted octanol–water partition coefficient (Wildman–Crippen LogP) is 2.83. The van der Waals surface area contributed by atoms with Gasteiger partial charge in [-0.2, -0.15) is 0 Å². The summed E-state index contributed by atoms with van der Waals surface area (Å²) in [5.41, 5.74) is 0.908. The molecule has 1 N–H and O–H groups in total. The monoisotopic (exact) mass is 192 g/mol. The van der Waals surface area contributed by atoms with Gasteiger partial charge in [-0.25, -0.2) is 4.39 Å². The summed E-state index contributed by atoms with van der Waals surface area (Å²) in [7, 11) is 0. The Balaban J connectivity index is 2.22. The Morgan fingerprint density at radius 1 is 1.57 bits per heavy atom. The van der Waals surface area contributed by atoms with Gasteiger partial charge in [-0.15, -0.1) is 0 Å². The second kappa shape index (κ2) is 3.35. The summed E-state index contributed by atoms with van der Waals surface area (Å²) < 4.78 is 13.4. The van der Waals surface area contributed by atoms with Gasteiger partial charge < -0.3 is 5.32 Å². The van der Waals surface area contributed by atoms with Gasteiger partial charge in [-0.05, 0) is 38.8 Å². The molecule has 1 aromatic rings. The molecule has 75 valence electrons. The normalized spacial score (nSPS) is 25.2. The van der Waals surface area contributed by atoms with E-state index in [4.69, 9.17) is 0 Å². The van der Waals surface area contributed by atoms with E-state index in [1.54, 1.807) is 6.07 Å². The number of nitrogens with one attached hydrogen (secondary N) is 1. The predicted molar refractivity (Wildman–Crippen MR) is 54.4 cm³/mol. The van der Waals surface area contributed by atoms with Crippen molar-refractivity contribution in [3.63, 3.8) is 0 Å². The largest absolute Gasteiger partial charge is 0.305 e. The lowest BCUT2D eigenvalue weighted by atomic mass is 10.0. The summed E-state index contributed by atoms with van der Waals surface area (Å²) in [6, 6.07) is 7.90. The van der Waals surface area contributed by atoms with Crippen LogP contribution in [0.2, 0.25) is 0 Å². The standard InChI is InChI=1S/C12H15FN/c1-12(2)8-7-11(14-12)9-5-3-4-6-10(9)13/h3,5-6,11,14H,7-8H2,1-2H3/t11-/m0/s1. The number of hydrogen-bond acceptors (Lipinski definition) is 1. The first kappa shape index (κ1) is 9.66. The number of halogens is 1. The van der Waals surface area contributed by atoms with Crippen molar-refractivity contribution in [2.24, 2.45) is 0 Å². The van der Waals surface area contributed by atoms with Crippen LogP contribution in [0.4, 0.5) is 4.39 Å². The van der Waals surface area contributed by atoms with Crippen molar-refractivity contribution >= 4 is 0 Å². The zero-order valence-corrected chi connectivity index (χ0v) is 8.60. The molecule has 0 aliphatic carbocycles. The molecule has 1 nitrogen and oxygen atoms in total. The van der Waals surface area contributed by atoms with Crippen LogP contribution in [0.1, 0.15) is 38.3 Å². The molecule has 1 fully saturated rings. The average molecular weight is 192 g/mol. The Morgan fingerprint density at radius 3 is 2.93 bits per heavy atom. The topological polar surface area (TPSA) is 12.0 Å². The lowest BCUT2D eigenvalue weighted by molar-refractivity contribution is 0.427.